The van der Waals surface area contributed by atoms with Crippen LogP contribution in [0.2, 0.25) is 0 Å². The van der Waals surface area contributed by atoms with E-state index in [-0.39, 0.29) is 0 Å². The van der Waals surface area contributed by atoms with Gasteiger partial charge in [-0.25, -0.2) is 0 Å². The maximum atomic E-state index is 3.71. The molecule has 1 heteroatoms. The van der Waals surface area contributed by atoms with Crippen LogP contribution in [0.1, 0.15) is 44.2 Å². The predicted molar refractivity (Wildman–Crippen MR) is 74.2 cm³/mol. The van der Waals surface area contributed by atoms with Gasteiger partial charge in [0.25, 0.3) is 0 Å². The van der Waals surface area contributed by atoms with E-state index in [1.165, 1.54) is 30.4 Å². The third-order valence-corrected chi connectivity index (χ3v) is 2.66. The van der Waals surface area contributed by atoms with E-state index in [1.807, 2.05) is 12.1 Å². The minimum Gasteiger partial charge on any atom is -0.0985 e. The van der Waals surface area contributed by atoms with Gasteiger partial charge in [-0.3, -0.25) is 0 Å². The predicted octanol–water partition coefficient (Wildman–Crippen LogP) is 5.60. The van der Waals surface area contributed by atoms with Crippen LogP contribution in [0.15, 0.2) is 29.3 Å². The van der Waals surface area contributed by atoms with Gasteiger partial charge < -0.3 is 0 Å². The summed E-state index contributed by atoms with van der Waals surface area (Å²) in [5, 5.41) is 0. The van der Waals surface area contributed by atoms with Crippen molar-refractivity contribution in [3.05, 3.63) is 40.4 Å². The van der Waals surface area contributed by atoms with E-state index in [0.29, 0.717) is 0 Å². The van der Waals surface area contributed by atoms with E-state index in [2.05, 4.69) is 55.4 Å². The highest BCUT2D eigenvalue weighted by molar-refractivity contribution is 9.10. The monoisotopic (exact) mass is 268 g/mol. The normalized spacial score (nSPS) is 9.07. The molecule has 0 unspecified atom stereocenters. The SMILES string of the molecule is C=Cc1cc(Br)ccc1C.CCCCC. The first kappa shape index (κ1) is 14.4. The van der Waals surface area contributed by atoms with E-state index in [4.69, 9.17) is 0 Å². The van der Waals surface area contributed by atoms with Gasteiger partial charge in [-0.15, -0.1) is 0 Å². The molecule has 0 nitrogen and oxygen atoms in total. The molecule has 84 valence electrons. The van der Waals surface area contributed by atoms with Gasteiger partial charge in [0.2, 0.25) is 0 Å². The first-order chi connectivity index (χ1) is 7.15. The molecular weight excluding hydrogens is 248 g/mol. The van der Waals surface area contributed by atoms with Crippen LogP contribution in [-0.4, -0.2) is 0 Å². The number of hydrogen-bond donors (Lipinski definition) is 0. The van der Waals surface area contributed by atoms with E-state index in [0.717, 1.165) is 4.47 Å². The zero-order valence-electron chi connectivity index (χ0n) is 10.0. The molecule has 1 aromatic carbocycles. The van der Waals surface area contributed by atoms with E-state index < -0.39 is 0 Å². The summed E-state index contributed by atoms with van der Waals surface area (Å²) in [6.07, 6.45) is 5.94. The standard InChI is InChI=1S/C9H9Br.C5H12/c1-3-8-6-9(10)5-4-7(8)2;1-3-5-4-2/h3-6H,1H2,2H3;3-5H2,1-2H3. The van der Waals surface area contributed by atoms with Crippen LogP contribution in [0.25, 0.3) is 6.08 Å². The Balaban J connectivity index is 0.000000336. The second-order valence-electron chi connectivity index (χ2n) is 3.56. The molecule has 0 amide bonds. The Morgan fingerprint density at radius 1 is 1.27 bits per heavy atom. The van der Waals surface area contributed by atoms with Gasteiger partial charge in [0.15, 0.2) is 0 Å². The van der Waals surface area contributed by atoms with Crippen molar-refractivity contribution >= 4 is 22.0 Å². The summed E-state index contributed by atoms with van der Waals surface area (Å²) in [4.78, 5) is 0. The number of hydrogen-bond acceptors (Lipinski definition) is 0. The molecule has 0 aromatic heterocycles. The molecule has 1 aromatic rings. The minimum atomic E-state index is 1.10. The summed E-state index contributed by atoms with van der Waals surface area (Å²) in [5.41, 5.74) is 2.45. The molecule has 0 bridgehead atoms. The molecule has 0 N–H and O–H groups in total. The second kappa shape index (κ2) is 8.72. The summed E-state index contributed by atoms with van der Waals surface area (Å²) in [6, 6.07) is 6.16. The maximum Gasteiger partial charge on any atom is 0.0181 e. The Hall–Kier alpha value is -0.560. The van der Waals surface area contributed by atoms with E-state index in [1.54, 1.807) is 0 Å². The Morgan fingerprint density at radius 3 is 2.20 bits per heavy atom. The van der Waals surface area contributed by atoms with Crippen LogP contribution < -0.4 is 0 Å². The van der Waals surface area contributed by atoms with Gasteiger partial charge in [0.05, 0.1) is 0 Å². The lowest BCUT2D eigenvalue weighted by molar-refractivity contribution is 0.772. The lowest BCUT2D eigenvalue weighted by Gasteiger charge is -1.98. The molecule has 0 aliphatic heterocycles. The fourth-order valence-electron chi connectivity index (χ4n) is 1.18. The van der Waals surface area contributed by atoms with Gasteiger partial charge in [-0.05, 0) is 30.2 Å². The fraction of sp³-hybridized carbons (Fsp3) is 0.429. The molecule has 0 radical (unpaired) electrons. The highest BCUT2D eigenvalue weighted by Gasteiger charge is 1.92. The molecule has 0 aliphatic carbocycles. The van der Waals surface area contributed by atoms with Crippen molar-refractivity contribution in [2.75, 3.05) is 0 Å². The molecule has 0 saturated carbocycles. The summed E-state index contributed by atoms with van der Waals surface area (Å²) < 4.78 is 1.10. The summed E-state index contributed by atoms with van der Waals surface area (Å²) in [6.45, 7) is 10.2. The molecule has 15 heavy (non-hydrogen) atoms. The van der Waals surface area contributed by atoms with Crippen molar-refractivity contribution in [3.8, 4) is 0 Å². The number of aryl methyl sites for hydroxylation is 1. The number of halogens is 1. The van der Waals surface area contributed by atoms with Gasteiger partial charge in [0.1, 0.15) is 0 Å². The third-order valence-electron chi connectivity index (χ3n) is 2.17. The van der Waals surface area contributed by atoms with Crippen molar-refractivity contribution < 1.29 is 0 Å². The van der Waals surface area contributed by atoms with Crippen LogP contribution in [0.5, 0.6) is 0 Å². The van der Waals surface area contributed by atoms with E-state index in [9.17, 15) is 0 Å². The smallest absolute Gasteiger partial charge is 0.0181 e. The zero-order chi connectivity index (χ0) is 11.7. The summed E-state index contributed by atoms with van der Waals surface area (Å²) in [5.74, 6) is 0. The minimum absolute atomic E-state index is 1.10. The average Bonchev–Trinajstić information content (AvgIpc) is 2.24. The van der Waals surface area contributed by atoms with Gasteiger partial charge >= 0.3 is 0 Å². The summed E-state index contributed by atoms with van der Waals surface area (Å²) in [7, 11) is 0. The van der Waals surface area contributed by atoms with E-state index >= 15 is 0 Å². The molecule has 0 heterocycles. The number of benzene rings is 1. The lowest BCUT2D eigenvalue weighted by atomic mass is 10.1. The molecular formula is C14H21Br. The number of unbranched alkanes of at least 4 members (excludes halogenated alkanes) is 2. The van der Waals surface area contributed by atoms with Crippen molar-refractivity contribution in [1.29, 1.82) is 0 Å². The van der Waals surface area contributed by atoms with Crippen LogP contribution in [0.4, 0.5) is 0 Å². The third kappa shape index (κ3) is 6.51. The lowest BCUT2D eigenvalue weighted by Crippen LogP contribution is -1.78. The topological polar surface area (TPSA) is 0 Å². The molecule has 0 aliphatic rings. The highest BCUT2D eigenvalue weighted by Crippen LogP contribution is 2.16. The summed E-state index contributed by atoms with van der Waals surface area (Å²) >= 11 is 3.39. The van der Waals surface area contributed by atoms with Crippen LogP contribution >= 0.6 is 15.9 Å². The van der Waals surface area contributed by atoms with Gasteiger partial charge in [-0.2, -0.15) is 0 Å². The van der Waals surface area contributed by atoms with Crippen molar-refractivity contribution in [3.63, 3.8) is 0 Å². The van der Waals surface area contributed by atoms with Crippen LogP contribution in [-0.2, 0) is 0 Å². The number of rotatable bonds is 3. The first-order valence-electron chi connectivity index (χ1n) is 5.54. The van der Waals surface area contributed by atoms with Crippen molar-refractivity contribution in [2.24, 2.45) is 0 Å². The molecule has 1 rings (SSSR count). The quantitative estimate of drug-likeness (QED) is 0.670. The average molecular weight is 269 g/mol. The highest BCUT2D eigenvalue weighted by atomic mass is 79.9. The fourth-order valence-corrected chi connectivity index (χ4v) is 1.56. The zero-order valence-corrected chi connectivity index (χ0v) is 11.6. The van der Waals surface area contributed by atoms with Crippen molar-refractivity contribution in [1.82, 2.24) is 0 Å². The Labute approximate surface area is 103 Å². The largest absolute Gasteiger partial charge is 0.0985 e. The molecule has 0 saturated heterocycles. The van der Waals surface area contributed by atoms with Crippen molar-refractivity contribution in [2.45, 2.75) is 40.0 Å². The molecule has 0 fully saturated rings. The Kier molecular flexibility index (Phi) is 8.40. The Morgan fingerprint density at radius 2 is 1.87 bits per heavy atom. The van der Waals surface area contributed by atoms with Gasteiger partial charge in [0, 0.05) is 4.47 Å². The van der Waals surface area contributed by atoms with Crippen LogP contribution in [0.3, 0.4) is 0 Å². The molecule has 0 atom stereocenters. The second-order valence-corrected chi connectivity index (χ2v) is 4.47. The Bertz CT molecular complexity index is 287. The van der Waals surface area contributed by atoms with Crippen LogP contribution in [0, 0.1) is 6.92 Å². The first-order valence-corrected chi connectivity index (χ1v) is 6.33. The molecule has 0 spiro atoms. The van der Waals surface area contributed by atoms with Gasteiger partial charge in [-0.1, -0.05) is 67.8 Å². The maximum absolute atomic E-state index is 3.71.